The van der Waals surface area contributed by atoms with Gasteiger partial charge in [-0.3, -0.25) is 9.78 Å². The summed E-state index contributed by atoms with van der Waals surface area (Å²) >= 11 is 2.59. The number of nitrogens with zero attached hydrogens (tertiary/aromatic N) is 5. The topological polar surface area (TPSA) is 105 Å². The second kappa shape index (κ2) is 13.5. The Kier molecular flexibility index (Phi) is 9.55. The Morgan fingerprint density at radius 2 is 1.90 bits per heavy atom. The molecule has 12 heteroatoms. The monoisotopic (exact) mass is 593 g/mol. The van der Waals surface area contributed by atoms with Crippen LogP contribution in [0.4, 0.5) is 15.3 Å². The highest BCUT2D eigenvalue weighted by Crippen LogP contribution is 2.37. The van der Waals surface area contributed by atoms with Gasteiger partial charge < -0.3 is 20.3 Å². The van der Waals surface area contributed by atoms with Gasteiger partial charge in [-0.1, -0.05) is 23.1 Å². The number of hydrogen-bond donors (Lipinski definition) is 2. The van der Waals surface area contributed by atoms with Crippen molar-refractivity contribution < 1.29 is 13.9 Å². The highest BCUT2D eigenvalue weighted by atomic mass is 32.2. The fourth-order valence-corrected chi connectivity index (χ4v) is 6.75. The van der Waals surface area contributed by atoms with E-state index in [1.54, 1.807) is 38.0 Å². The first-order valence-corrected chi connectivity index (χ1v) is 15.0. The van der Waals surface area contributed by atoms with Gasteiger partial charge in [-0.2, -0.15) is 0 Å². The van der Waals surface area contributed by atoms with Crippen LogP contribution in [0.3, 0.4) is 0 Å². The zero-order chi connectivity index (χ0) is 28.7. The molecule has 9 nitrogen and oxygen atoms in total. The van der Waals surface area contributed by atoms with Crippen LogP contribution in [0.2, 0.25) is 0 Å². The van der Waals surface area contributed by atoms with Gasteiger partial charge in [0.2, 0.25) is 0 Å². The number of aromatic nitrogens is 4. The number of nitrogens with one attached hydrogen (secondary N) is 2. The Morgan fingerprint density at radius 1 is 1.12 bits per heavy atom. The Morgan fingerprint density at radius 3 is 2.66 bits per heavy atom. The third-order valence-corrected chi connectivity index (χ3v) is 9.27. The number of hydrogen-bond acceptors (Lipinski definition) is 10. The Bertz CT molecular complexity index is 1460. The van der Waals surface area contributed by atoms with E-state index in [-0.39, 0.29) is 11.1 Å². The summed E-state index contributed by atoms with van der Waals surface area (Å²) in [6.07, 6.45) is 10.1. The molecule has 1 saturated heterocycles. The first kappa shape index (κ1) is 29.1. The van der Waals surface area contributed by atoms with Gasteiger partial charge in [0.15, 0.2) is 16.6 Å². The molecule has 0 spiro atoms. The van der Waals surface area contributed by atoms with Crippen LogP contribution in [0, 0.1) is 12.7 Å². The molecule has 214 valence electrons. The molecule has 2 N–H and O–H groups in total. The van der Waals surface area contributed by atoms with E-state index in [1.807, 2.05) is 31.2 Å². The summed E-state index contributed by atoms with van der Waals surface area (Å²) in [5, 5.41) is 6.81. The van der Waals surface area contributed by atoms with Gasteiger partial charge in [0.25, 0.3) is 5.91 Å². The number of carbonyl (C=O) groups is 1. The molecular weight excluding hydrogens is 561 g/mol. The smallest absolute Gasteiger partial charge is 0.273 e. The SMILES string of the molecule is COCCN1CCC(CNC(=O)c2nccc(Sc3cnc(Nc4cc(C)ccn4)s3)c2F)(c2ccncc2)CC1. The third kappa shape index (κ3) is 7.25. The van der Waals surface area contributed by atoms with Crippen molar-refractivity contribution in [2.75, 3.05) is 45.2 Å². The van der Waals surface area contributed by atoms with Gasteiger partial charge in [0, 0.05) is 50.4 Å². The minimum absolute atomic E-state index is 0.218. The van der Waals surface area contributed by atoms with Crippen LogP contribution in [-0.4, -0.2) is 70.6 Å². The van der Waals surface area contributed by atoms with E-state index in [4.69, 9.17) is 4.74 Å². The lowest BCUT2D eigenvalue weighted by Crippen LogP contribution is -2.49. The molecule has 5 heterocycles. The number of thiazole rings is 1. The molecule has 0 radical (unpaired) electrons. The number of carbonyl (C=O) groups excluding carboxylic acids is 1. The molecule has 5 rings (SSSR count). The van der Waals surface area contributed by atoms with Crippen molar-refractivity contribution in [3.05, 3.63) is 84.0 Å². The Labute approximate surface area is 247 Å². The highest BCUT2D eigenvalue weighted by Gasteiger charge is 2.37. The molecule has 4 aromatic rings. The molecule has 0 atom stereocenters. The molecule has 0 unspecified atom stereocenters. The summed E-state index contributed by atoms with van der Waals surface area (Å²) in [7, 11) is 1.71. The minimum Gasteiger partial charge on any atom is -0.383 e. The summed E-state index contributed by atoms with van der Waals surface area (Å²) < 4.78 is 21.6. The van der Waals surface area contributed by atoms with Crippen LogP contribution in [0.25, 0.3) is 0 Å². The van der Waals surface area contributed by atoms with Gasteiger partial charge in [0.1, 0.15) is 5.82 Å². The number of ether oxygens (including phenoxy) is 1. The molecule has 0 saturated carbocycles. The van der Waals surface area contributed by atoms with Crippen molar-refractivity contribution in [1.29, 1.82) is 0 Å². The lowest BCUT2D eigenvalue weighted by molar-refractivity contribution is 0.0888. The Balaban J connectivity index is 1.26. The van der Waals surface area contributed by atoms with Gasteiger partial charge in [0.05, 0.1) is 21.9 Å². The van der Waals surface area contributed by atoms with Crippen LogP contribution in [-0.2, 0) is 10.2 Å². The molecule has 41 heavy (non-hydrogen) atoms. The number of piperidine rings is 1. The van der Waals surface area contributed by atoms with Gasteiger partial charge in [-0.05, 0) is 74.3 Å². The fourth-order valence-electron chi connectivity index (χ4n) is 4.88. The molecule has 1 amide bonds. The second-order valence-electron chi connectivity index (χ2n) is 9.93. The molecule has 0 aliphatic carbocycles. The summed E-state index contributed by atoms with van der Waals surface area (Å²) in [6.45, 7) is 5.68. The van der Waals surface area contributed by atoms with E-state index in [0.717, 1.165) is 47.8 Å². The summed E-state index contributed by atoms with van der Waals surface area (Å²) in [6, 6.07) is 9.41. The van der Waals surface area contributed by atoms with E-state index in [2.05, 4.69) is 35.5 Å². The molecular formula is C29H32FN7O2S2. The van der Waals surface area contributed by atoms with E-state index in [1.165, 1.54) is 29.3 Å². The largest absolute Gasteiger partial charge is 0.383 e. The average molecular weight is 594 g/mol. The van der Waals surface area contributed by atoms with E-state index in [9.17, 15) is 4.79 Å². The van der Waals surface area contributed by atoms with E-state index in [0.29, 0.717) is 29.0 Å². The van der Waals surface area contributed by atoms with Crippen molar-refractivity contribution in [1.82, 2.24) is 30.2 Å². The van der Waals surface area contributed by atoms with Crippen LogP contribution in [0.15, 0.2) is 70.4 Å². The van der Waals surface area contributed by atoms with Crippen LogP contribution in [0.5, 0.6) is 0 Å². The molecule has 0 bridgehead atoms. The normalized spacial score (nSPS) is 15.0. The second-order valence-corrected chi connectivity index (χ2v) is 12.3. The molecule has 1 aliphatic rings. The van der Waals surface area contributed by atoms with Gasteiger partial charge in [-0.15, -0.1) is 0 Å². The number of amides is 1. The predicted octanol–water partition coefficient (Wildman–Crippen LogP) is 5.08. The van der Waals surface area contributed by atoms with Gasteiger partial charge in [-0.25, -0.2) is 19.3 Å². The van der Waals surface area contributed by atoms with Crippen LogP contribution >= 0.6 is 23.1 Å². The lowest BCUT2D eigenvalue weighted by atomic mass is 9.73. The zero-order valence-electron chi connectivity index (χ0n) is 23.0. The number of likely N-dealkylation sites (tertiary alicyclic amines) is 1. The van der Waals surface area contributed by atoms with Crippen LogP contribution < -0.4 is 10.6 Å². The summed E-state index contributed by atoms with van der Waals surface area (Å²) in [4.78, 5) is 32.8. The standard InChI is InChI=1S/C29H32FN7O2S2/c1-20-3-11-32-23(17-20)36-28-34-18-24(41-28)40-22-6-12-33-26(25(22)30)27(38)35-19-29(21-4-9-31-10-5-21)7-13-37(14-8-29)15-16-39-2/h3-6,9-12,17-18H,7-8,13-16,19H2,1-2H3,(H,35,38)(H,32,34,36). The van der Waals surface area contributed by atoms with E-state index < -0.39 is 11.7 Å². The lowest BCUT2D eigenvalue weighted by Gasteiger charge is -2.42. The first-order chi connectivity index (χ1) is 20.0. The van der Waals surface area contributed by atoms with Crippen molar-refractivity contribution in [2.24, 2.45) is 0 Å². The predicted molar refractivity (Wildman–Crippen MR) is 158 cm³/mol. The molecule has 0 aromatic carbocycles. The number of pyridine rings is 3. The quantitative estimate of drug-likeness (QED) is 0.246. The Hall–Kier alpha value is -3.45. The van der Waals surface area contributed by atoms with Crippen molar-refractivity contribution in [2.45, 2.75) is 34.3 Å². The maximum atomic E-state index is 15.5. The molecule has 4 aromatic heterocycles. The van der Waals surface area contributed by atoms with Crippen LogP contribution in [0.1, 0.15) is 34.5 Å². The summed E-state index contributed by atoms with van der Waals surface area (Å²) in [5.41, 5.74) is 1.71. The van der Waals surface area contributed by atoms with Gasteiger partial charge >= 0.3 is 0 Å². The maximum Gasteiger partial charge on any atom is 0.273 e. The number of halogens is 1. The average Bonchev–Trinajstić information content (AvgIpc) is 3.43. The third-order valence-electron chi connectivity index (χ3n) is 7.22. The van der Waals surface area contributed by atoms with Crippen molar-refractivity contribution in [3.8, 4) is 0 Å². The minimum atomic E-state index is -0.648. The number of aryl methyl sites for hydroxylation is 1. The van der Waals surface area contributed by atoms with Crippen molar-refractivity contribution >= 4 is 40.0 Å². The molecule has 1 fully saturated rings. The highest BCUT2D eigenvalue weighted by molar-refractivity contribution is 8.01. The molecule has 1 aliphatic heterocycles. The maximum absolute atomic E-state index is 15.5. The number of rotatable bonds is 11. The summed E-state index contributed by atoms with van der Waals surface area (Å²) in [5.74, 6) is -0.488. The zero-order valence-corrected chi connectivity index (χ0v) is 24.6. The first-order valence-electron chi connectivity index (χ1n) is 13.3. The number of anilines is 2. The fraction of sp³-hybridized carbons (Fsp3) is 0.345. The van der Waals surface area contributed by atoms with Crippen molar-refractivity contribution in [3.63, 3.8) is 0 Å². The van der Waals surface area contributed by atoms with E-state index >= 15 is 4.39 Å². The number of methoxy groups -OCH3 is 1.